The molecule has 21 rings (SSSR count). The average Bonchev–Trinajstić information content (AvgIpc) is 1.55. The van der Waals surface area contributed by atoms with Gasteiger partial charge >= 0.3 is 0 Å². The molecule has 0 unspecified atom stereocenters. The number of nitrogens with zero attached hydrogens (tertiary/aromatic N) is 4. The molecule has 0 aliphatic rings. The zero-order valence-electron chi connectivity index (χ0n) is 58.9. The van der Waals surface area contributed by atoms with Gasteiger partial charge in [0.25, 0.3) is 0 Å². The predicted octanol–water partition coefficient (Wildman–Crippen LogP) is 28.6. The molecular formula is C102H68N4O2. The topological polar surface area (TPSA) is 42.6 Å². The van der Waals surface area contributed by atoms with E-state index in [0.717, 1.165) is 122 Å². The minimum Gasteiger partial charge on any atom is -0.454 e. The second-order valence-electron chi connectivity index (χ2n) is 27.5. The maximum atomic E-state index is 7.02. The van der Waals surface area contributed by atoms with Crippen molar-refractivity contribution in [2.24, 2.45) is 0 Å². The van der Waals surface area contributed by atoms with Crippen LogP contribution in [0.1, 0.15) is 0 Å². The fourth-order valence-electron chi connectivity index (χ4n) is 16.1. The Labute approximate surface area is 625 Å². The van der Waals surface area contributed by atoms with Gasteiger partial charge in [-0.05, 0) is 165 Å². The molecule has 17 aromatic carbocycles. The summed E-state index contributed by atoms with van der Waals surface area (Å²) in [7, 11) is 0. The predicted molar refractivity (Wildman–Crippen MR) is 453 cm³/mol. The van der Waals surface area contributed by atoms with Gasteiger partial charge in [0.2, 0.25) is 0 Å². The van der Waals surface area contributed by atoms with Crippen molar-refractivity contribution in [2.45, 2.75) is 0 Å². The van der Waals surface area contributed by atoms with Crippen LogP contribution in [-0.4, -0.2) is 9.13 Å². The van der Waals surface area contributed by atoms with Gasteiger partial charge in [0.05, 0.1) is 44.2 Å². The maximum Gasteiger partial charge on any atom is 0.162 e. The minimum atomic E-state index is 0.858. The second kappa shape index (κ2) is 27.0. The zero-order valence-corrected chi connectivity index (χ0v) is 58.9. The highest BCUT2D eigenvalue weighted by Gasteiger charge is 2.29. The summed E-state index contributed by atoms with van der Waals surface area (Å²) < 4.78 is 18.7. The number of hydrogen-bond acceptors (Lipinski definition) is 4. The number of rotatable bonds is 13. The number of furan rings is 2. The van der Waals surface area contributed by atoms with Crippen LogP contribution < -0.4 is 9.80 Å². The monoisotopic (exact) mass is 1380 g/mol. The van der Waals surface area contributed by atoms with Crippen molar-refractivity contribution in [1.29, 1.82) is 0 Å². The summed E-state index contributed by atoms with van der Waals surface area (Å²) in [6.45, 7) is 0. The molecule has 4 heterocycles. The summed E-state index contributed by atoms with van der Waals surface area (Å²) in [5.41, 5.74) is 28.3. The highest BCUT2D eigenvalue weighted by molar-refractivity contribution is 6.28. The third kappa shape index (κ3) is 11.1. The molecule has 0 fully saturated rings. The first kappa shape index (κ1) is 63.2. The van der Waals surface area contributed by atoms with Gasteiger partial charge in [0.15, 0.2) is 11.2 Å². The van der Waals surface area contributed by atoms with E-state index in [1.807, 2.05) is 0 Å². The Morgan fingerprint density at radius 2 is 0.435 bits per heavy atom. The smallest absolute Gasteiger partial charge is 0.162 e. The first-order valence-electron chi connectivity index (χ1n) is 36.8. The van der Waals surface area contributed by atoms with Gasteiger partial charge < -0.3 is 27.8 Å². The van der Waals surface area contributed by atoms with Crippen LogP contribution in [0.15, 0.2) is 421 Å². The van der Waals surface area contributed by atoms with Crippen molar-refractivity contribution < 1.29 is 8.83 Å². The Hall–Kier alpha value is -14.5. The lowest BCUT2D eigenvalue weighted by molar-refractivity contribution is 0.670. The van der Waals surface area contributed by atoms with Gasteiger partial charge in [-0.2, -0.15) is 0 Å². The number of anilines is 6. The summed E-state index contributed by atoms with van der Waals surface area (Å²) in [6.07, 6.45) is 0. The lowest BCUT2D eigenvalue weighted by atomic mass is 10.0. The summed E-state index contributed by atoms with van der Waals surface area (Å²) in [5, 5.41) is 8.93. The highest BCUT2D eigenvalue weighted by atomic mass is 16.3. The average molecular weight is 1380 g/mol. The molecule has 0 amide bonds. The maximum absolute atomic E-state index is 7.02. The number of benzene rings is 17. The Bertz CT molecular complexity index is 6670. The molecule has 0 bridgehead atoms. The Morgan fingerprint density at radius 3 is 0.750 bits per heavy atom. The molecule has 0 atom stereocenters. The van der Waals surface area contributed by atoms with Crippen LogP contribution >= 0.6 is 0 Å². The quantitative estimate of drug-likeness (QED) is 0.115. The minimum absolute atomic E-state index is 0.858. The standard InChI is InChI=1S/C54H36N2O.C48H32N2O/c1-4-14-37(15-5-1)40-24-30-43(31-25-40)55(44-32-26-41(27-33-44)38-16-6-2-7-17-38)50-36-48-46-20-10-12-22-49(46)56(45-34-28-42(29-35-45)39-18-8-3-9-19-39)53(48)54-52(50)47-21-11-13-23-51(47)57-54;1-4-14-33(15-5-1)35-24-28-38(29-25-35)49(39-30-26-36(27-31-39)34-16-6-2-7-17-34)44-32-42-40-20-10-12-22-43(40)50(37-18-8-3-9-19-37)47(42)48-46(44)41-21-11-13-23-45(41)51-48/h1-36H;1-32H. The Kier molecular flexibility index (Phi) is 15.8. The number of aromatic nitrogens is 2. The third-order valence-corrected chi connectivity index (χ3v) is 21.2. The van der Waals surface area contributed by atoms with Crippen molar-refractivity contribution in [3.05, 3.63) is 413 Å². The van der Waals surface area contributed by atoms with Gasteiger partial charge in [0, 0.05) is 66.4 Å². The normalized spacial score (nSPS) is 11.5. The third-order valence-electron chi connectivity index (χ3n) is 21.2. The van der Waals surface area contributed by atoms with E-state index in [-0.39, 0.29) is 0 Å². The molecule has 0 radical (unpaired) electrons. The van der Waals surface area contributed by atoms with Gasteiger partial charge in [-0.3, -0.25) is 0 Å². The molecule has 0 aliphatic heterocycles. The first-order valence-corrected chi connectivity index (χ1v) is 36.8. The first-order chi connectivity index (χ1) is 53.6. The molecule has 0 aliphatic carbocycles. The van der Waals surface area contributed by atoms with E-state index in [9.17, 15) is 0 Å². The van der Waals surface area contributed by atoms with Crippen LogP contribution in [0.2, 0.25) is 0 Å². The molecule has 0 saturated heterocycles. The number of hydrogen-bond donors (Lipinski definition) is 0. The largest absolute Gasteiger partial charge is 0.454 e. The molecule has 21 aromatic rings. The van der Waals surface area contributed by atoms with Crippen molar-refractivity contribution in [3.63, 3.8) is 0 Å². The van der Waals surface area contributed by atoms with Gasteiger partial charge in [0.1, 0.15) is 11.2 Å². The Balaban J connectivity index is 0.000000143. The van der Waals surface area contributed by atoms with Crippen molar-refractivity contribution in [2.75, 3.05) is 9.80 Å². The van der Waals surface area contributed by atoms with E-state index >= 15 is 0 Å². The fourth-order valence-corrected chi connectivity index (χ4v) is 16.1. The molecule has 6 nitrogen and oxygen atoms in total. The lowest BCUT2D eigenvalue weighted by Gasteiger charge is -2.27. The molecule has 508 valence electrons. The van der Waals surface area contributed by atoms with Crippen molar-refractivity contribution in [3.8, 4) is 67.0 Å². The molecular weight excluding hydrogens is 1310 g/mol. The van der Waals surface area contributed by atoms with Gasteiger partial charge in [-0.15, -0.1) is 0 Å². The van der Waals surface area contributed by atoms with Crippen LogP contribution in [0.5, 0.6) is 0 Å². The van der Waals surface area contributed by atoms with E-state index in [4.69, 9.17) is 8.83 Å². The van der Waals surface area contributed by atoms with Crippen LogP contribution in [0.4, 0.5) is 34.1 Å². The van der Waals surface area contributed by atoms with Crippen molar-refractivity contribution >= 4 is 122 Å². The zero-order chi connectivity index (χ0) is 71.4. The highest BCUT2D eigenvalue weighted by Crippen LogP contribution is 2.52. The summed E-state index contributed by atoms with van der Waals surface area (Å²) in [4.78, 5) is 4.79. The molecule has 6 heteroatoms. The number of fused-ring (bicyclic) bond motifs is 14. The van der Waals surface area contributed by atoms with E-state index < -0.39 is 0 Å². The molecule has 0 saturated carbocycles. The Morgan fingerprint density at radius 1 is 0.194 bits per heavy atom. The van der Waals surface area contributed by atoms with E-state index in [1.54, 1.807) is 0 Å². The van der Waals surface area contributed by atoms with Gasteiger partial charge in [-0.25, -0.2) is 0 Å². The summed E-state index contributed by atoms with van der Waals surface area (Å²) in [6, 6.07) is 147. The van der Waals surface area contributed by atoms with Crippen LogP contribution in [-0.2, 0) is 0 Å². The van der Waals surface area contributed by atoms with Crippen LogP contribution in [0.3, 0.4) is 0 Å². The molecule has 4 aromatic heterocycles. The summed E-state index contributed by atoms with van der Waals surface area (Å²) in [5.74, 6) is 0. The lowest BCUT2D eigenvalue weighted by Crippen LogP contribution is -2.10. The van der Waals surface area contributed by atoms with Crippen LogP contribution in [0, 0.1) is 0 Å². The number of para-hydroxylation sites is 5. The second-order valence-corrected chi connectivity index (χ2v) is 27.5. The van der Waals surface area contributed by atoms with Crippen LogP contribution in [0.25, 0.3) is 154 Å². The van der Waals surface area contributed by atoms with E-state index in [2.05, 4.69) is 431 Å². The van der Waals surface area contributed by atoms with Crippen molar-refractivity contribution in [1.82, 2.24) is 9.13 Å². The fraction of sp³-hybridized carbons (Fsp3) is 0. The van der Waals surface area contributed by atoms with E-state index in [0.29, 0.717) is 0 Å². The van der Waals surface area contributed by atoms with Gasteiger partial charge in [-0.1, -0.05) is 303 Å². The van der Waals surface area contributed by atoms with E-state index in [1.165, 1.54) is 66.4 Å². The summed E-state index contributed by atoms with van der Waals surface area (Å²) >= 11 is 0. The SMILES string of the molecule is c1ccc(-c2ccc(N(c3ccc(-c4ccccc4)cc3)c3cc4c5ccccc5n(-c5ccc(-c6ccccc6)cc5)c4c4oc5ccccc5c34)cc2)cc1.c1ccc(-c2ccc(N(c3ccc(-c4ccccc4)cc3)c3cc4c5ccccc5n(-c5ccccc5)c4c4oc5ccccc5c34)cc2)cc1. The molecule has 0 spiro atoms. The molecule has 0 N–H and O–H groups in total. The molecule has 108 heavy (non-hydrogen) atoms.